The number of nitrogens with zero attached hydrogens (tertiary/aromatic N) is 2. The number of hydrogen-bond acceptors (Lipinski definition) is 3. The summed E-state index contributed by atoms with van der Waals surface area (Å²) in [6, 6.07) is 23.1. The molecule has 3 aromatic carbocycles. The fraction of sp³-hybridized carbons (Fsp3) is 0.310. The number of benzene rings is 3. The van der Waals surface area contributed by atoms with Crippen molar-refractivity contribution in [1.29, 1.82) is 0 Å². The fourth-order valence-electron chi connectivity index (χ4n) is 4.55. The molecule has 0 spiro atoms. The van der Waals surface area contributed by atoms with Crippen molar-refractivity contribution in [2.45, 2.75) is 33.7 Å². The van der Waals surface area contributed by atoms with Gasteiger partial charge in [0.05, 0.1) is 43.9 Å². The molecule has 5 N–H and O–H groups in total. The van der Waals surface area contributed by atoms with E-state index in [2.05, 4.69) is 80.1 Å². The molecule has 1 heterocycles. The van der Waals surface area contributed by atoms with Crippen LogP contribution in [0.5, 0.6) is 0 Å². The van der Waals surface area contributed by atoms with Crippen LogP contribution in [-0.4, -0.2) is 42.2 Å². The van der Waals surface area contributed by atoms with Gasteiger partial charge in [0.15, 0.2) is 6.54 Å². The van der Waals surface area contributed by atoms with Gasteiger partial charge in [-0.3, -0.25) is 4.79 Å². The fourth-order valence-corrected chi connectivity index (χ4v) is 4.55. The van der Waals surface area contributed by atoms with Crippen LogP contribution in [0.25, 0.3) is 32.9 Å². The maximum Gasteiger partial charge on any atom is 0.300 e. The van der Waals surface area contributed by atoms with E-state index in [0.29, 0.717) is 0 Å². The molecular formula is C29H38I2N4O2. The number of nitrogens with two attached hydrogens (primary N) is 2. The molecule has 0 radical (unpaired) electrons. The zero-order valence-corrected chi connectivity index (χ0v) is 26.4. The van der Waals surface area contributed by atoms with Crippen molar-refractivity contribution in [2.75, 3.05) is 38.1 Å². The van der Waals surface area contributed by atoms with E-state index in [1.165, 1.54) is 32.9 Å². The van der Waals surface area contributed by atoms with Gasteiger partial charge in [0.2, 0.25) is 11.2 Å². The molecule has 0 saturated carbocycles. The van der Waals surface area contributed by atoms with Crippen molar-refractivity contribution in [3.05, 3.63) is 66.7 Å². The van der Waals surface area contributed by atoms with Crippen LogP contribution in [0.2, 0.25) is 0 Å². The maximum absolute atomic E-state index is 9.00. The molecule has 0 bridgehead atoms. The van der Waals surface area contributed by atoms with Crippen LogP contribution >= 0.6 is 0 Å². The third kappa shape index (κ3) is 8.15. The van der Waals surface area contributed by atoms with Gasteiger partial charge in [-0.2, -0.15) is 4.57 Å². The number of hydrogen-bond donors (Lipinski definition) is 3. The molecule has 4 rings (SSSR count). The molecular weight excluding hydrogens is 690 g/mol. The van der Waals surface area contributed by atoms with Crippen LogP contribution in [0.4, 0.5) is 11.4 Å². The van der Waals surface area contributed by atoms with Crippen LogP contribution in [0.3, 0.4) is 0 Å². The van der Waals surface area contributed by atoms with Crippen LogP contribution in [0, 0.1) is 0 Å². The number of quaternary nitrogens is 1. The number of carboxylic acid groups (broad SMARTS) is 1. The monoisotopic (exact) mass is 728 g/mol. The lowest BCUT2D eigenvalue weighted by Gasteiger charge is -2.31. The number of carboxylic acids is 1. The highest BCUT2D eigenvalue weighted by molar-refractivity contribution is 6.10. The van der Waals surface area contributed by atoms with E-state index in [-0.39, 0.29) is 48.0 Å². The molecule has 0 fully saturated rings. The van der Waals surface area contributed by atoms with Crippen molar-refractivity contribution in [2.24, 2.45) is 0 Å². The number of rotatable bonds is 7. The highest BCUT2D eigenvalue weighted by Crippen LogP contribution is 2.33. The Hall–Kier alpha value is -2.18. The highest BCUT2D eigenvalue weighted by Gasteiger charge is 2.25. The summed E-state index contributed by atoms with van der Waals surface area (Å²) in [5, 5.41) is 11.0. The summed E-state index contributed by atoms with van der Waals surface area (Å²) < 4.78 is 3.54. The van der Waals surface area contributed by atoms with E-state index < -0.39 is 5.97 Å². The van der Waals surface area contributed by atoms with Crippen molar-refractivity contribution in [3.8, 4) is 11.3 Å². The quantitative estimate of drug-likeness (QED) is 0.0757. The molecule has 0 saturated heterocycles. The number of carbonyl (C=O) groups is 1. The Morgan fingerprint density at radius 2 is 1.41 bits per heavy atom. The van der Waals surface area contributed by atoms with Crippen LogP contribution in [0.15, 0.2) is 66.7 Å². The minimum atomic E-state index is -0.833. The Bertz CT molecular complexity index is 1320. The van der Waals surface area contributed by atoms with Gasteiger partial charge in [-0.25, -0.2) is 0 Å². The Balaban J connectivity index is 0.00000107. The third-order valence-corrected chi connectivity index (χ3v) is 6.83. The van der Waals surface area contributed by atoms with Gasteiger partial charge < -0.3 is 69.0 Å². The number of anilines is 2. The van der Waals surface area contributed by atoms with Crippen LogP contribution in [0.1, 0.15) is 27.2 Å². The van der Waals surface area contributed by atoms with Crippen molar-refractivity contribution >= 4 is 39.0 Å². The number of halogens is 2. The number of fused-ring (bicyclic) bond motifs is 3. The highest BCUT2D eigenvalue weighted by atomic mass is 127. The largest absolute Gasteiger partial charge is 1.00 e. The average Bonchev–Trinajstić information content (AvgIpc) is 2.84. The lowest BCUT2D eigenvalue weighted by molar-refractivity contribution is -0.908. The smallest absolute Gasteiger partial charge is 0.300 e. The summed E-state index contributed by atoms with van der Waals surface area (Å²) in [6.07, 6.45) is 1.10. The predicted octanol–water partition coefficient (Wildman–Crippen LogP) is -0.913. The lowest BCUT2D eigenvalue weighted by Crippen LogP contribution is -3.00. The minimum absolute atomic E-state index is 0. The lowest BCUT2D eigenvalue weighted by atomic mass is 9.98. The second-order valence-corrected chi connectivity index (χ2v) is 9.30. The Labute approximate surface area is 254 Å². The van der Waals surface area contributed by atoms with Crippen molar-refractivity contribution in [1.82, 2.24) is 0 Å². The molecule has 8 heteroatoms. The average molecular weight is 728 g/mol. The van der Waals surface area contributed by atoms with Crippen LogP contribution < -0.4 is 64.0 Å². The number of aryl methyl sites for hydroxylation is 1. The first-order chi connectivity index (χ1) is 16.7. The van der Waals surface area contributed by atoms with E-state index in [9.17, 15) is 0 Å². The number of aromatic nitrogens is 1. The van der Waals surface area contributed by atoms with Gasteiger partial charge in [0, 0.05) is 35.3 Å². The summed E-state index contributed by atoms with van der Waals surface area (Å²) in [4.78, 5) is 9.00. The summed E-state index contributed by atoms with van der Waals surface area (Å²) in [5.41, 5.74) is 17.7. The van der Waals surface area contributed by atoms with Gasteiger partial charge in [-0.1, -0.05) is 24.3 Å². The van der Waals surface area contributed by atoms with Gasteiger partial charge >= 0.3 is 0 Å². The SMILES string of the molecule is CC(=O)O.CC[N+](C)(CC)CCC[n+]1c(-c2ccccc2)c2cc(N)ccc2c2ccc(N)cc21.[I-].[I-]. The Morgan fingerprint density at radius 3 is 1.97 bits per heavy atom. The molecule has 37 heavy (non-hydrogen) atoms. The first kappa shape index (κ1) is 32.8. The summed E-state index contributed by atoms with van der Waals surface area (Å²) in [6.45, 7) is 10.0. The second kappa shape index (κ2) is 14.7. The standard InChI is InChI=1S/C27H33N4.C2H4O2.2HI/c1-4-31(3,5-2)17-9-16-30-26-19-22(29)13-15-24(26)23-14-12-21(28)18-25(23)27(30)20-10-7-6-8-11-20;1-2(3)4;;/h6-8,10-15,18-19,29H,4-5,9,16-17,28H2,1-3H3;1H3,(H,3,4);2*1H/q+1;;;/p-1. The molecule has 0 atom stereocenters. The minimum Gasteiger partial charge on any atom is -1.00 e. The molecule has 0 aliphatic carbocycles. The molecule has 6 nitrogen and oxygen atoms in total. The third-order valence-electron chi connectivity index (χ3n) is 6.83. The van der Waals surface area contributed by atoms with E-state index in [1.807, 2.05) is 12.1 Å². The van der Waals surface area contributed by atoms with Gasteiger partial charge in [0.1, 0.15) is 0 Å². The van der Waals surface area contributed by atoms with Gasteiger partial charge in [0.25, 0.3) is 5.97 Å². The first-order valence-corrected chi connectivity index (χ1v) is 12.2. The first-order valence-electron chi connectivity index (χ1n) is 12.2. The maximum atomic E-state index is 9.00. The summed E-state index contributed by atoms with van der Waals surface area (Å²) in [7, 11) is 2.35. The molecule has 4 aromatic rings. The predicted molar refractivity (Wildman–Crippen MR) is 146 cm³/mol. The molecule has 0 unspecified atom stereocenters. The topological polar surface area (TPSA) is 93.2 Å². The zero-order chi connectivity index (χ0) is 25.6. The van der Waals surface area contributed by atoms with Crippen molar-refractivity contribution in [3.63, 3.8) is 0 Å². The van der Waals surface area contributed by atoms with E-state index >= 15 is 0 Å². The van der Waals surface area contributed by atoms with E-state index in [4.69, 9.17) is 21.4 Å². The molecule has 1 aromatic heterocycles. The van der Waals surface area contributed by atoms with E-state index in [0.717, 1.165) is 55.4 Å². The summed E-state index contributed by atoms with van der Waals surface area (Å²) >= 11 is 0. The zero-order valence-electron chi connectivity index (χ0n) is 22.0. The van der Waals surface area contributed by atoms with Crippen LogP contribution in [-0.2, 0) is 11.3 Å². The normalized spacial score (nSPS) is 10.7. The summed E-state index contributed by atoms with van der Waals surface area (Å²) in [5.74, 6) is -0.833. The van der Waals surface area contributed by atoms with Crippen molar-refractivity contribution < 1.29 is 66.9 Å². The Kier molecular flexibility index (Phi) is 13.0. The molecule has 0 aliphatic heterocycles. The van der Waals surface area contributed by atoms with Gasteiger partial charge in [-0.05, 0) is 50.2 Å². The van der Waals surface area contributed by atoms with E-state index in [1.54, 1.807) is 0 Å². The number of aliphatic carboxylic acids is 1. The number of nitrogen functional groups attached to an aromatic ring is 2. The second-order valence-electron chi connectivity index (χ2n) is 9.30. The molecule has 0 amide bonds. The Morgan fingerprint density at radius 1 is 0.865 bits per heavy atom. The number of pyridine rings is 1. The molecule has 0 aliphatic rings. The molecule has 200 valence electrons. The van der Waals surface area contributed by atoms with Gasteiger partial charge in [-0.15, -0.1) is 0 Å².